The molecule has 31 heteroatoms. The predicted octanol–water partition coefficient (Wildman–Crippen LogP) is 17.4. The zero-order chi connectivity index (χ0) is 101. The van der Waals surface area contributed by atoms with E-state index in [-0.39, 0.29) is 34.9 Å². The molecule has 0 spiro atoms. The quantitative estimate of drug-likeness (QED) is 0.0276. The number of amides is 5. The topological polar surface area (TPSA) is 435 Å². The van der Waals surface area contributed by atoms with Gasteiger partial charge in [0, 0.05) is 63.0 Å². The maximum absolute atomic E-state index is 12.0. The van der Waals surface area contributed by atoms with Crippen molar-refractivity contribution in [3.8, 4) is 39.9 Å². The Balaban J connectivity index is 0.0000000984. The summed E-state index contributed by atoms with van der Waals surface area (Å²) in [6.07, 6.45) is 27.5. The number of carbonyl (C=O) groups excluding carboxylic acids is 5. The van der Waals surface area contributed by atoms with Crippen molar-refractivity contribution < 1.29 is 28.9 Å². The van der Waals surface area contributed by atoms with E-state index in [0.29, 0.717) is 74.4 Å². The fourth-order valence-corrected chi connectivity index (χ4v) is 25.1. The first kappa shape index (κ1) is 92.4. The minimum Gasteiger partial charge on any atom is -0.364 e. The Kier molecular flexibility index (Phi) is 22.1. The molecule has 12 aliphatic carbocycles. The van der Waals surface area contributed by atoms with E-state index in [1.54, 1.807) is 60.5 Å². The van der Waals surface area contributed by atoms with Crippen molar-refractivity contribution in [2.75, 3.05) is 0 Å². The third-order valence-corrected chi connectivity index (χ3v) is 33.1. The van der Waals surface area contributed by atoms with Crippen LogP contribution in [0.5, 0.6) is 0 Å². The fourth-order valence-electron chi connectivity index (χ4n) is 24.6. The molecule has 15 aromatic rings. The molecule has 12 saturated carbocycles. The summed E-state index contributed by atoms with van der Waals surface area (Å²) in [6, 6.07) is 70.1. The van der Waals surface area contributed by atoms with Gasteiger partial charge in [-0.15, -0.1) is 5.54 Å². The first-order valence-corrected chi connectivity index (χ1v) is 53.6. The summed E-state index contributed by atoms with van der Waals surface area (Å²) in [5.74, 6) is 4.18. The van der Waals surface area contributed by atoms with E-state index in [2.05, 4.69) is 163 Å². The second kappa shape index (κ2) is 35.2. The zero-order valence-corrected chi connectivity index (χ0v) is 83.0. The van der Waals surface area contributed by atoms with Crippen LogP contribution in [0.15, 0.2) is 281 Å². The SMILES string of the molecule is C[C@@H]1N=C(c2ccccc2)c2cc(C34CC(C3)C4)ccc2-n2cnc(C(N)=O)c21.C[C@@H]1N=C(c2ccccc2[N+](=O)[O-])c2cc(C#C[Si](C)(C)C)ccc2-n2cnc(C(N)=O)c21.C[C@@H]1N=C(c2ccccn2)c2cc(C34CC(C3)C4)ccc2-n2cnc(C(N)=O)c21.NC(=O)c1ncn2c1CN=C(c1ccccc1)c1cc(C34CC(C3)C4)ccc1-2.NC(=O)c1ncn2c1CN=C(c1ccccn1)c1cc(C34CC(C3)C4)ccc1-2. The van der Waals surface area contributed by atoms with Crippen LogP contribution in [0.1, 0.15) is 281 Å². The van der Waals surface area contributed by atoms with Gasteiger partial charge in [-0.05, 0) is 262 Å². The van der Waals surface area contributed by atoms with E-state index in [0.717, 1.165) is 142 Å². The number of nitrogens with zero attached hydrogens (tertiary/aromatic N) is 18. The molecule has 12 fully saturated rings. The highest BCUT2D eigenvalue weighted by Crippen LogP contribution is 2.68. The summed E-state index contributed by atoms with van der Waals surface area (Å²) >= 11 is 0. The third-order valence-electron chi connectivity index (χ3n) is 32.2. The highest BCUT2D eigenvalue weighted by Gasteiger charge is 2.60. The van der Waals surface area contributed by atoms with Crippen molar-refractivity contribution in [2.24, 2.45) is 77.3 Å². The summed E-state index contributed by atoms with van der Waals surface area (Å²) in [5.41, 5.74) is 61.6. The van der Waals surface area contributed by atoms with Crippen molar-refractivity contribution in [3.63, 3.8) is 0 Å². The van der Waals surface area contributed by atoms with Gasteiger partial charge in [0.15, 0.2) is 28.5 Å². The molecule has 7 aromatic heterocycles. The molecule has 12 heterocycles. The number of benzene rings is 8. The number of nitro benzene ring substituents is 1. The maximum atomic E-state index is 12.0. The lowest BCUT2D eigenvalue weighted by Gasteiger charge is -2.62. The minimum atomic E-state index is -1.62. The molecule has 147 heavy (non-hydrogen) atoms. The molecule has 5 aliphatic heterocycles. The van der Waals surface area contributed by atoms with Crippen molar-refractivity contribution >= 4 is 71.9 Å². The number of hydrogen-bond donors (Lipinski definition) is 5. The second-order valence-electron chi connectivity index (χ2n) is 42.6. The highest BCUT2D eigenvalue weighted by molar-refractivity contribution is 6.84. The summed E-state index contributed by atoms with van der Waals surface area (Å²) in [5, 5.41) is 11.8. The molecule has 0 unspecified atom stereocenters. The van der Waals surface area contributed by atoms with Crippen LogP contribution in [-0.2, 0) is 34.7 Å². The van der Waals surface area contributed by atoms with Crippen LogP contribution in [0, 0.1) is 45.3 Å². The van der Waals surface area contributed by atoms with E-state index < -0.39 is 48.6 Å². The molecule has 5 amide bonds. The molecular weight excluding hydrogens is 1860 g/mol. The molecule has 8 aromatic carbocycles. The Morgan fingerprint density at radius 3 is 1.05 bits per heavy atom. The van der Waals surface area contributed by atoms with Crippen LogP contribution in [0.4, 0.5) is 5.69 Å². The Bertz CT molecular complexity index is 7890. The third kappa shape index (κ3) is 15.7. The second-order valence-corrected chi connectivity index (χ2v) is 47.4. The number of rotatable bonds is 15. The van der Waals surface area contributed by atoms with Crippen molar-refractivity contribution in [1.82, 2.24) is 57.7 Å². The first-order chi connectivity index (χ1) is 71.0. The lowest BCUT2D eigenvalue weighted by Crippen LogP contribution is -2.55. The lowest BCUT2D eigenvalue weighted by atomic mass is 9.42. The number of primary amides is 5. The van der Waals surface area contributed by atoms with Gasteiger partial charge >= 0.3 is 0 Å². The average Bonchev–Trinajstić information content (AvgIpc) is 1.29. The smallest absolute Gasteiger partial charge is 0.278 e. The maximum Gasteiger partial charge on any atom is 0.278 e. The molecule has 0 saturated heterocycles. The summed E-state index contributed by atoms with van der Waals surface area (Å²) in [4.78, 5) is 126. The van der Waals surface area contributed by atoms with Gasteiger partial charge in [0.05, 0.1) is 139 Å². The van der Waals surface area contributed by atoms with Gasteiger partial charge in [-0.1, -0.05) is 135 Å². The number of fused-ring (bicyclic) bond motifs is 15. The van der Waals surface area contributed by atoms with E-state index in [1.807, 2.05) is 130 Å². The fraction of sp³-hybridized carbons (Fsp3) is 0.267. The Morgan fingerprint density at radius 2 is 0.667 bits per heavy atom. The number of para-hydroxylation sites is 1. The van der Waals surface area contributed by atoms with Crippen LogP contribution >= 0.6 is 0 Å². The van der Waals surface area contributed by atoms with E-state index >= 15 is 0 Å². The molecule has 30 nitrogen and oxygen atoms in total. The van der Waals surface area contributed by atoms with Crippen LogP contribution < -0.4 is 28.7 Å². The normalized spacial score (nSPS) is 22.9. The zero-order valence-electron chi connectivity index (χ0n) is 82.0. The summed E-state index contributed by atoms with van der Waals surface area (Å²) in [7, 11) is -1.62. The molecule has 0 radical (unpaired) electrons. The van der Waals surface area contributed by atoms with E-state index in [4.69, 9.17) is 53.6 Å². The predicted molar refractivity (Wildman–Crippen MR) is 562 cm³/mol. The Labute approximate surface area is 848 Å². The lowest BCUT2D eigenvalue weighted by molar-refractivity contribution is -0.385. The number of aromatic nitrogens is 12. The van der Waals surface area contributed by atoms with E-state index in [9.17, 15) is 34.1 Å². The Hall–Kier alpha value is -17.0. The molecule has 3 atom stereocenters. The van der Waals surface area contributed by atoms with Gasteiger partial charge in [0.1, 0.15) is 39.7 Å². The minimum absolute atomic E-state index is 0.0483. The number of aliphatic imine (C=N–C) groups is 5. The monoisotopic (exact) mass is 1960 g/mol. The van der Waals surface area contributed by atoms with Gasteiger partial charge in [0.25, 0.3) is 35.2 Å². The van der Waals surface area contributed by atoms with Gasteiger partial charge in [-0.25, -0.2) is 24.9 Å². The molecular formula is C116H105N23O7Si. The molecule has 32 rings (SSSR count). The van der Waals surface area contributed by atoms with Crippen molar-refractivity contribution in [2.45, 2.75) is 170 Å². The number of carbonyl (C=O) groups is 5. The number of imidazole rings is 5. The van der Waals surface area contributed by atoms with E-state index in [1.165, 1.54) is 112 Å². The van der Waals surface area contributed by atoms with Crippen LogP contribution in [0.3, 0.4) is 0 Å². The average molecular weight is 1960 g/mol. The van der Waals surface area contributed by atoms with Crippen molar-refractivity contribution in [1.29, 1.82) is 0 Å². The first-order valence-electron chi connectivity index (χ1n) is 50.1. The molecule has 17 aliphatic rings. The molecule has 8 bridgehead atoms. The largest absolute Gasteiger partial charge is 0.364 e. The molecule has 730 valence electrons. The van der Waals surface area contributed by atoms with Gasteiger partial charge < -0.3 is 28.7 Å². The van der Waals surface area contributed by atoms with Crippen LogP contribution in [0.2, 0.25) is 19.6 Å². The number of nitro groups is 1. The number of nitrogens with two attached hydrogens (primary N) is 5. The van der Waals surface area contributed by atoms with Gasteiger partial charge in [-0.2, -0.15) is 0 Å². The summed E-state index contributed by atoms with van der Waals surface area (Å²) < 4.78 is 9.65. The van der Waals surface area contributed by atoms with Gasteiger partial charge in [0.2, 0.25) is 0 Å². The Morgan fingerprint density at radius 1 is 0.347 bits per heavy atom. The highest BCUT2D eigenvalue weighted by atomic mass is 28.3. The summed E-state index contributed by atoms with van der Waals surface area (Å²) in [6.45, 7) is 13.0. The number of pyridine rings is 2. The molecule has 10 N–H and O–H groups in total. The van der Waals surface area contributed by atoms with Crippen LogP contribution in [-0.4, -0.2) is 129 Å². The van der Waals surface area contributed by atoms with Crippen LogP contribution in [0.25, 0.3) is 28.4 Å². The van der Waals surface area contributed by atoms with Crippen molar-refractivity contribution in [3.05, 3.63) is 407 Å². The number of hydrogen-bond acceptors (Lipinski definition) is 19. The standard InChI is InChI=1S/C24H23N5O3Si.C24H22N4O.C23H21N5O.C23H20N4O.C22H19N5O/c1-15-23-22(24(25)30)26-14-28(23)19-10-9-16(11-12-33(2,3)4)13-18(19)21(27-15)17-7-5-6-8-20(17)29(31)32;1-14-22-21(23(25)29)26-13-28(22)19-8-7-17(24-10-15(11-24)12-24)9-18(19)20(27-14)16-5-3-2-4-6-16;1-13-21-20(22(24)29)26-12-28(21)18-6-5-15(23-9-14(10-23)11-23)8-16(18)19(27-13)17-4-2-3-7-25-17;24-22(28)21-19-12-25-20(15-4-2-1-3-5-15)17-8-16(23-9-14(10-23)11-23)6-7-18(17)27(19)13-26-21;23-21(28)20-18-11-25-19(16-3-1-2-6-24-16)15-7-14(22-8-13(9-22)10-22)4-5-17(15)27(18)12-26-20/h5-10,13-15H,1-4H3,(H2,25,30);2-9,13-15H,10-12H2,1H3,(H2,25,29);2-8,12-14H,9-11H2,1H3,(H2,24,29);1-8,13-14H,9-12H2,(H2,24,28);1-7,12-13H,8-11H2,(H2,23,28)/t15-;14-,15?,24?;13-,14?,23?;;/m000../s1. The van der Waals surface area contributed by atoms with Gasteiger partial charge in [-0.3, -0.25) is 91.9 Å².